The van der Waals surface area contributed by atoms with E-state index in [4.69, 9.17) is 21.1 Å². The van der Waals surface area contributed by atoms with E-state index in [1.165, 1.54) is 44.8 Å². The molecule has 4 heteroatoms. The lowest BCUT2D eigenvalue weighted by molar-refractivity contribution is -0.441. The summed E-state index contributed by atoms with van der Waals surface area (Å²) in [5.74, 6) is 0.365. The van der Waals surface area contributed by atoms with Crippen LogP contribution >= 0.6 is 11.6 Å². The Labute approximate surface area is 251 Å². The van der Waals surface area contributed by atoms with E-state index in [0.717, 1.165) is 43.9 Å². The molecule has 0 amide bonds. The van der Waals surface area contributed by atoms with E-state index in [1.807, 2.05) is 0 Å². The minimum Gasteiger partial charge on any atom is -0.385 e. The molecule has 2 aliphatic carbocycles. The third kappa shape index (κ3) is 5.57. The molecule has 0 saturated carbocycles. The standard InChI is InChI=1S/C37H45ClNO2/c1-36(2)30-15-8-7-14-28(30)29(22-24-40-5)31(36)20-18-26-12-11-13-27(35(26)38)19-21-34-37(3,4)32-16-9-10-17-33(32)39(34)23-25-41-6/h7-10,14-21,29H,11-13,22-25H2,1-6H3/q+1/b21-19?,26-18+,31-20?. The van der Waals surface area contributed by atoms with Gasteiger partial charge in [0.15, 0.2) is 12.3 Å². The van der Waals surface area contributed by atoms with Crippen molar-refractivity contribution in [3.05, 3.63) is 111 Å². The molecule has 0 bridgehead atoms. The van der Waals surface area contributed by atoms with Crippen LogP contribution in [0.15, 0.2) is 94.6 Å². The summed E-state index contributed by atoms with van der Waals surface area (Å²) in [6.45, 7) is 11.6. The number of methoxy groups -OCH3 is 2. The molecule has 1 heterocycles. The number of halogens is 1. The number of rotatable bonds is 9. The molecule has 0 saturated heterocycles. The molecule has 2 aromatic carbocycles. The van der Waals surface area contributed by atoms with Crippen LogP contribution in [-0.2, 0) is 20.3 Å². The molecule has 0 fully saturated rings. The zero-order valence-electron chi connectivity index (χ0n) is 25.6. The van der Waals surface area contributed by atoms with Crippen molar-refractivity contribution in [1.82, 2.24) is 0 Å². The molecule has 3 aliphatic rings. The number of benzene rings is 2. The monoisotopic (exact) mass is 570 g/mol. The third-order valence-corrected chi connectivity index (χ3v) is 9.88. The highest BCUT2D eigenvalue weighted by Crippen LogP contribution is 2.51. The molecular formula is C37H45ClNO2+. The highest BCUT2D eigenvalue weighted by atomic mass is 35.5. The number of para-hydroxylation sites is 1. The van der Waals surface area contributed by atoms with Gasteiger partial charge in [0.1, 0.15) is 6.61 Å². The molecule has 1 aliphatic heterocycles. The van der Waals surface area contributed by atoms with Gasteiger partial charge in [-0.2, -0.15) is 4.58 Å². The Bertz CT molecular complexity index is 1450. The second-order valence-corrected chi connectivity index (χ2v) is 12.9. The molecule has 0 radical (unpaired) electrons. The van der Waals surface area contributed by atoms with Crippen LogP contribution in [0.5, 0.6) is 0 Å². The predicted octanol–water partition coefficient (Wildman–Crippen LogP) is 8.91. The molecule has 2 aromatic rings. The van der Waals surface area contributed by atoms with Crippen LogP contribution in [0, 0.1) is 0 Å². The zero-order chi connectivity index (χ0) is 29.2. The van der Waals surface area contributed by atoms with Crippen LogP contribution in [0.25, 0.3) is 0 Å². The first-order valence-electron chi connectivity index (χ1n) is 15.0. The van der Waals surface area contributed by atoms with Gasteiger partial charge >= 0.3 is 0 Å². The van der Waals surface area contributed by atoms with Gasteiger partial charge in [-0.15, -0.1) is 0 Å². The summed E-state index contributed by atoms with van der Waals surface area (Å²) in [6, 6.07) is 17.6. The van der Waals surface area contributed by atoms with Crippen molar-refractivity contribution in [1.29, 1.82) is 0 Å². The SMILES string of the molecule is COCCC1C(=C/C=C2\CCCC(C=CC3=[N+](CCOC)c4ccccc4C3(C)C)=C2Cl)C(C)(C)c2ccccc21. The average molecular weight is 571 g/mol. The summed E-state index contributed by atoms with van der Waals surface area (Å²) in [5, 5.41) is 0.906. The summed E-state index contributed by atoms with van der Waals surface area (Å²) < 4.78 is 13.4. The van der Waals surface area contributed by atoms with Crippen molar-refractivity contribution in [2.75, 3.05) is 34.0 Å². The minimum absolute atomic E-state index is 0.0228. The number of nitrogens with zero attached hydrogens (tertiary/aromatic N) is 1. The number of hydrogen-bond acceptors (Lipinski definition) is 2. The average Bonchev–Trinajstić information content (AvgIpc) is 3.32. The summed E-state index contributed by atoms with van der Waals surface area (Å²) in [5.41, 5.74) is 10.6. The molecule has 0 N–H and O–H groups in total. The Morgan fingerprint density at radius 2 is 1.56 bits per heavy atom. The quantitative estimate of drug-likeness (QED) is 0.281. The molecule has 0 aromatic heterocycles. The zero-order valence-corrected chi connectivity index (χ0v) is 26.4. The molecular weight excluding hydrogens is 526 g/mol. The van der Waals surface area contributed by atoms with Crippen LogP contribution in [0.1, 0.15) is 76.0 Å². The van der Waals surface area contributed by atoms with Crippen LogP contribution < -0.4 is 0 Å². The molecule has 3 nitrogen and oxygen atoms in total. The topological polar surface area (TPSA) is 21.5 Å². The fraction of sp³-hybridized carbons (Fsp3) is 0.432. The molecule has 41 heavy (non-hydrogen) atoms. The Kier molecular flexibility index (Phi) is 8.90. The second kappa shape index (κ2) is 12.3. The number of allylic oxidation sites excluding steroid dienone is 8. The van der Waals surface area contributed by atoms with Crippen LogP contribution in [0.4, 0.5) is 5.69 Å². The molecule has 0 spiro atoms. The van der Waals surface area contributed by atoms with Crippen molar-refractivity contribution in [3.63, 3.8) is 0 Å². The van der Waals surface area contributed by atoms with Gasteiger partial charge in [-0.1, -0.05) is 91.7 Å². The van der Waals surface area contributed by atoms with Gasteiger partial charge in [0, 0.05) is 54.9 Å². The Balaban J connectivity index is 1.48. The van der Waals surface area contributed by atoms with Crippen molar-refractivity contribution in [2.45, 2.75) is 70.1 Å². The van der Waals surface area contributed by atoms with E-state index in [-0.39, 0.29) is 10.8 Å². The van der Waals surface area contributed by atoms with E-state index in [1.54, 1.807) is 14.2 Å². The van der Waals surface area contributed by atoms with Crippen LogP contribution in [0.2, 0.25) is 0 Å². The minimum atomic E-state index is -0.0914. The molecule has 1 unspecified atom stereocenters. The van der Waals surface area contributed by atoms with Crippen molar-refractivity contribution >= 4 is 23.0 Å². The summed E-state index contributed by atoms with van der Waals surface area (Å²) in [7, 11) is 3.56. The van der Waals surface area contributed by atoms with Gasteiger partial charge in [-0.25, -0.2) is 0 Å². The number of fused-ring (bicyclic) bond motifs is 2. The Hall–Kier alpha value is -2.72. The lowest BCUT2D eigenvalue weighted by Crippen LogP contribution is -2.28. The lowest BCUT2D eigenvalue weighted by Gasteiger charge is -2.24. The maximum atomic E-state index is 7.15. The molecule has 216 valence electrons. The smallest absolute Gasteiger partial charge is 0.209 e. The van der Waals surface area contributed by atoms with Gasteiger partial charge in [0.05, 0.1) is 5.41 Å². The van der Waals surface area contributed by atoms with Crippen LogP contribution in [-0.4, -0.2) is 44.3 Å². The van der Waals surface area contributed by atoms with Gasteiger partial charge in [0.2, 0.25) is 5.69 Å². The first-order valence-corrected chi connectivity index (χ1v) is 15.4. The second-order valence-electron chi connectivity index (χ2n) is 12.6. The van der Waals surface area contributed by atoms with Crippen LogP contribution in [0.3, 0.4) is 0 Å². The highest BCUT2D eigenvalue weighted by Gasteiger charge is 2.44. The lowest BCUT2D eigenvalue weighted by atomic mass is 9.80. The third-order valence-electron chi connectivity index (χ3n) is 9.40. The van der Waals surface area contributed by atoms with Crippen molar-refractivity contribution in [3.8, 4) is 0 Å². The largest absolute Gasteiger partial charge is 0.385 e. The van der Waals surface area contributed by atoms with E-state index < -0.39 is 0 Å². The molecule has 5 rings (SSSR count). The van der Waals surface area contributed by atoms with E-state index >= 15 is 0 Å². The normalized spacial score (nSPS) is 23.2. The van der Waals surface area contributed by atoms with Crippen molar-refractivity contribution < 1.29 is 14.0 Å². The molecule has 1 atom stereocenters. The fourth-order valence-electron chi connectivity index (χ4n) is 7.14. The van der Waals surface area contributed by atoms with E-state index in [0.29, 0.717) is 12.5 Å². The number of ether oxygens (including phenoxy) is 2. The maximum absolute atomic E-state index is 7.15. The van der Waals surface area contributed by atoms with Gasteiger partial charge in [0.25, 0.3) is 0 Å². The predicted molar refractivity (Wildman–Crippen MR) is 172 cm³/mol. The Morgan fingerprint density at radius 1 is 0.854 bits per heavy atom. The first-order chi connectivity index (χ1) is 19.7. The number of hydrogen-bond donors (Lipinski definition) is 0. The maximum Gasteiger partial charge on any atom is 0.209 e. The summed E-state index contributed by atoms with van der Waals surface area (Å²) in [6.07, 6.45) is 13.3. The van der Waals surface area contributed by atoms with Gasteiger partial charge < -0.3 is 9.47 Å². The first kappa shape index (κ1) is 29.8. The van der Waals surface area contributed by atoms with Gasteiger partial charge in [-0.3, -0.25) is 0 Å². The van der Waals surface area contributed by atoms with E-state index in [9.17, 15) is 0 Å². The van der Waals surface area contributed by atoms with Gasteiger partial charge in [-0.05, 0) is 61.8 Å². The summed E-state index contributed by atoms with van der Waals surface area (Å²) >= 11 is 7.15. The Morgan fingerprint density at radius 3 is 2.32 bits per heavy atom. The summed E-state index contributed by atoms with van der Waals surface area (Å²) in [4.78, 5) is 0. The van der Waals surface area contributed by atoms with Crippen molar-refractivity contribution in [2.24, 2.45) is 0 Å². The fourth-order valence-corrected chi connectivity index (χ4v) is 7.46. The van der Waals surface area contributed by atoms with E-state index in [2.05, 4.69) is 105 Å². The highest BCUT2D eigenvalue weighted by molar-refractivity contribution is 6.32.